The van der Waals surface area contributed by atoms with Crippen LogP contribution in [0.1, 0.15) is 23.4 Å². The van der Waals surface area contributed by atoms with Gasteiger partial charge in [-0.25, -0.2) is 4.98 Å². The molecule has 0 saturated carbocycles. The third-order valence-electron chi connectivity index (χ3n) is 2.29. The van der Waals surface area contributed by atoms with Gasteiger partial charge >= 0.3 is 0 Å². The average molecular weight is 267 g/mol. The molecule has 6 heteroatoms. The molecule has 0 fully saturated rings. The summed E-state index contributed by atoms with van der Waals surface area (Å²) in [5.41, 5.74) is 0.485. The molecule has 0 radical (unpaired) electrons. The zero-order valence-electron chi connectivity index (χ0n) is 9.88. The lowest BCUT2D eigenvalue weighted by atomic mass is 10.4. The molecule has 0 saturated heterocycles. The molecule has 5 nitrogen and oxygen atoms in total. The summed E-state index contributed by atoms with van der Waals surface area (Å²) in [5, 5.41) is 11.8. The average Bonchev–Trinajstić information content (AvgIpc) is 2.85. The van der Waals surface area contributed by atoms with Gasteiger partial charge in [-0.1, -0.05) is 6.92 Å². The fourth-order valence-electron chi connectivity index (χ4n) is 1.36. The minimum absolute atomic E-state index is 0.123. The van der Waals surface area contributed by atoms with Crippen LogP contribution in [0.5, 0.6) is 5.75 Å². The molecule has 2 heterocycles. The van der Waals surface area contributed by atoms with Crippen LogP contribution in [0.4, 0.5) is 0 Å². The number of ether oxygens (including phenoxy) is 1. The highest BCUT2D eigenvalue weighted by atomic mass is 32.1. The number of hydrogen-bond donors (Lipinski definition) is 1. The molecule has 18 heavy (non-hydrogen) atoms. The molecular weight excluding hydrogens is 254 g/mol. The van der Waals surface area contributed by atoms with E-state index in [2.05, 4.69) is 4.98 Å². The van der Waals surface area contributed by atoms with E-state index in [0.717, 1.165) is 17.1 Å². The lowest BCUT2D eigenvalue weighted by Gasteiger charge is -2.03. The van der Waals surface area contributed by atoms with Crippen molar-refractivity contribution in [3.8, 4) is 5.75 Å². The molecule has 1 N–H and O–H groups in total. The van der Waals surface area contributed by atoms with Gasteiger partial charge in [-0.2, -0.15) is 0 Å². The van der Waals surface area contributed by atoms with Crippen LogP contribution in [-0.2, 0) is 19.6 Å². The predicted octanol–water partition coefficient (Wildman–Crippen LogP) is 1.73. The van der Waals surface area contributed by atoms with Gasteiger partial charge in [0, 0.05) is 11.4 Å². The maximum Gasteiger partial charge on any atom is 0.227 e. The van der Waals surface area contributed by atoms with Gasteiger partial charge in [0.05, 0.1) is 10.7 Å². The monoisotopic (exact) mass is 267 g/mol. The highest BCUT2D eigenvalue weighted by molar-refractivity contribution is 7.09. The molecule has 0 unspecified atom stereocenters. The van der Waals surface area contributed by atoms with Gasteiger partial charge in [0.1, 0.15) is 25.2 Å². The van der Waals surface area contributed by atoms with Crippen molar-refractivity contribution in [2.75, 3.05) is 0 Å². The standard InChI is InChI=1S/C12H13NO4S/c1-2-12-13-8(7-18-12)5-17-11-6-16-9(4-14)3-10(11)15/h3,6-7,14H,2,4-5H2,1H3. The Morgan fingerprint density at radius 1 is 1.56 bits per heavy atom. The first-order valence-electron chi connectivity index (χ1n) is 5.51. The van der Waals surface area contributed by atoms with Crippen LogP contribution in [0.2, 0.25) is 0 Å². The molecule has 0 amide bonds. The Bertz CT molecular complexity index is 575. The Balaban J connectivity index is 2.04. The van der Waals surface area contributed by atoms with Crippen molar-refractivity contribution in [3.63, 3.8) is 0 Å². The molecule has 0 aliphatic carbocycles. The Labute approximate surface area is 108 Å². The second kappa shape index (κ2) is 5.79. The van der Waals surface area contributed by atoms with Crippen molar-refractivity contribution in [2.45, 2.75) is 26.6 Å². The van der Waals surface area contributed by atoms with E-state index >= 15 is 0 Å². The van der Waals surface area contributed by atoms with E-state index in [-0.39, 0.29) is 30.2 Å². The summed E-state index contributed by atoms with van der Waals surface area (Å²) < 4.78 is 10.3. The van der Waals surface area contributed by atoms with E-state index in [9.17, 15) is 4.79 Å². The van der Waals surface area contributed by atoms with Crippen LogP contribution in [0.25, 0.3) is 0 Å². The first-order valence-corrected chi connectivity index (χ1v) is 6.39. The van der Waals surface area contributed by atoms with E-state index in [4.69, 9.17) is 14.3 Å². The molecule has 0 spiro atoms. The fourth-order valence-corrected chi connectivity index (χ4v) is 2.09. The van der Waals surface area contributed by atoms with Crippen LogP contribution >= 0.6 is 11.3 Å². The molecule has 2 aromatic rings. The molecule has 0 aliphatic rings. The number of rotatable bonds is 5. The number of aromatic nitrogens is 1. The minimum Gasteiger partial charge on any atom is -0.480 e. The zero-order chi connectivity index (χ0) is 13.0. The van der Waals surface area contributed by atoms with Crippen molar-refractivity contribution >= 4 is 11.3 Å². The summed E-state index contributed by atoms with van der Waals surface area (Å²) in [6, 6.07) is 1.22. The molecule has 2 rings (SSSR count). The van der Waals surface area contributed by atoms with Gasteiger partial charge in [-0.15, -0.1) is 11.3 Å². The molecule has 0 aliphatic heterocycles. The zero-order valence-corrected chi connectivity index (χ0v) is 10.7. The van der Waals surface area contributed by atoms with Crippen molar-refractivity contribution < 1.29 is 14.3 Å². The van der Waals surface area contributed by atoms with Crippen LogP contribution in [0.15, 0.2) is 26.9 Å². The quantitative estimate of drug-likeness (QED) is 0.893. The molecule has 0 bridgehead atoms. The van der Waals surface area contributed by atoms with Gasteiger partial charge in [0.15, 0.2) is 0 Å². The lowest BCUT2D eigenvalue weighted by molar-refractivity contribution is 0.235. The van der Waals surface area contributed by atoms with Gasteiger partial charge in [0.25, 0.3) is 0 Å². The maximum absolute atomic E-state index is 11.6. The van der Waals surface area contributed by atoms with Gasteiger partial charge < -0.3 is 14.3 Å². The number of thiazole rings is 1. The van der Waals surface area contributed by atoms with E-state index in [1.54, 1.807) is 11.3 Å². The van der Waals surface area contributed by atoms with E-state index in [1.807, 2.05) is 12.3 Å². The third kappa shape index (κ3) is 2.96. The SMILES string of the molecule is CCc1nc(COc2coc(CO)cc2=O)cs1. The summed E-state index contributed by atoms with van der Waals surface area (Å²) in [6.45, 7) is 1.97. The third-order valence-corrected chi connectivity index (χ3v) is 3.33. The summed E-state index contributed by atoms with van der Waals surface area (Å²) >= 11 is 1.57. The predicted molar refractivity (Wildman–Crippen MR) is 66.7 cm³/mol. The number of aryl methyl sites for hydroxylation is 1. The molecule has 0 atom stereocenters. The van der Waals surface area contributed by atoms with Crippen molar-refractivity contribution in [1.29, 1.82) is 0 Å². The number of aliphatic hydroxyl groups excluding tert-OH is 1. The van der Waals surface area contributed by atoms with Crippen LogP contribution in [0, 0.1) is 0 Å². The van der Waals surface area contributed by atoms with Gasteiger partial charge in [-0.05, 0) is 6.42 Å². The number of aliphatic hydroxyl groups is 1. The lowest BCUT2D eigenvalue weighted by Crippen LogP contribution is -2.08. The first kappa shape index (κ1) is 12.8. The molecule has 96 valence electrons. The second-order valence-corrected chi connectivity index (χ2v) is 4.55. The normalized spacial score (nSPS) is 10.6. The highest BCUT2D eigenvalue weighted by Crippen LogP contribution is 2.13. The maximum atomic E-state index is 11.6. The Hall–Kier alpha value is -1.66. The summed E-state index contributed by atoms with van der Waals surface area (Å²) in [5.74, 6) is 0.340. The second-order valence-electron chi connectivity index (χ2n) is 3.61. The highest BCUT2D eigenvalue weighted by Gasteiger charge is 2.06. The van der Waals surface area contributed by atoms with Crippen LogP contribution in [0.3, 0.4) is 0 Å². The van der Waals surface area contributed by atoms with Crippen molar-refractivity contribution in [3.05, 3.63) is 44.4 Å². The summed E-state index contributed by atoms with van der Waals surface area (Å²) in [6.07, 6.45) is 2.10. The van der Waals surface area contributed by atoms with Gasteiger partial charge in [0.2, 0.25) is 11.2 Å². The first-order chi connectivity index (χ1) is 8.72. The van der Waals surface area contributed by atoms with E-state index in [1.165, 1.54) is 12.3 Å². The largest absolute Gasteiger partial charge is 0.480 e. The molecular formula is C12H13NO4S. The van der Waals surface area contributed by atoms with Crippen LogP contribution < -0.4 is 10.2 Å². The number of nitrogens with zero attached hydrogens (tertiary/aromatic N) is 1. The molecule has 0 aromatic carbocycles. The van der Waals surface area contributed by atoms with Crippen molar-refractivity contribution in [1.82, 2.24) is 4.98 Å². The summed E-state index contributed by atoms with van der Waals surface area (Å²) in [4.78, 5) is 15.9. The van der Waals surface area contributed by atoms with Crippen LogP contribution in [-0.4, -0.2) is 10.1 Å². The topological polar surface area (TPSA) is 72.6 Å². The van der Waals surface area contributed by atoms with Gasteiger partial charge in [-0.3, -0.25) is 4.79 Å². The minimum atomic E-state index is -0.309. The van der Waals surface area contributed by atoms with E-state index < -0.39 is 0 Å². The Kier molecular flexibility index (Phi) is 4.11. The number of hydrogen-bond acceptors (Lipinski definition) is 6. The smallest absolute Gasteiger partial charge is 0.227 e. The fraction of sp³-hybridized carbons (Fsp3) is 0.333. The Morgan fingerprint density at radius 3 is 3.00 bits per heavy atom. The van der Waals surface area contributed by atoms with E-state index in [0.29, 0.717) is 0 Å². The molecule has 2 aromatic heterocycles. The van der Waals surface area contributed by atoms with Crippen molar-refractivity contribution in [2.24, 2.45) is 0 Å². The Morgan fingerprint density at radius 2 is 2.39 bits per heavy atom. The summed E-state index contributed by atoms with van der Waals surface area (Å²) in [7, 11) is 0.